The topological polar surface area (TPSA) is 86.8 Å². The van der Waals surface area contributed by atoms with E-state index in [1.807, 2.05) is 6.92 Å². The van der Waals surface area contributed by atoms with E-state index in [4.69, 9.17) is 34.8 Å². The second-order valence-electron chi connectivity index (χ2n) is 8.24. The van der Waals surface area contributed by atoms with E-state index in [-0.39, 0.29) is 12.5 Å². The Labute approximate surface area is 222 Å². The number of nitrogens with zero attached hydrogens (tertiary/aromatic N) is 2. The van der Waals surface area contributed by atoms with Crippen LogP contribution < -0.4 is 9.62 Å². The van der Waals surface area contributed by atoms with Crippen molar-refractivity contribution in [2.45, 2.75) is 46.2 Å². The van der Waals surface area contributed by atoms with E-state index in [0.717, 1.165) is 23.4 Å². The minimum Gasteiger partial charge on any atom is -0.354 e. The molecule has 0 aromatic heterocycles. The van der Waals surface area contributed by atoms with Crippen molar-refractivity contribution in [3.8, 4) is 0 Å². The van der Waals surface area contributed by atoms with E-state index in [1.165, 1.54) is 4.90 Å². The molecule has 0 saturated carbocycles. The summed E-state index contributed by atoms with van der Waals surface area (Å²) in [6.45, 7) is 5.17. The number of carbonyl (C=O) groups is 2. The summed E-state index contributed by atoms with van der Waals surface area (Å²) in [6.07, 6.45) is 2.71. The molecule has 1 N–H and O–H groups in total. The highest BCUT2D eigenvalue weighted by molar-refractivity contribution is 7.92. The molecule has 0 unspecified atom stereocenters. The van der Waals surface area contributed by atoms with Gasteiger partial charge in [0.25, 0.3) is 0 Å². The Morgan fingerprint density at radius 3 is 2.26 bits per heavy atom. The molecule has 2 aromatic rings. The van der Waals surface area contributed by atoms with E-state index >= 15 is 0 Å². The maximum atomic E-state index is 13.6. The van der Waals surface area contributed by atoms with Gasteiger partial charge in [-0.3, -0.25) is 13.9 Å². The second-order valence-corrected chi connectivity index (χ2v) is 11.4. The number of anilines is 1. The first kappa shape index (κ1) is 29.2. The molecule has 1 atom stereocenters. The number of sulfonamides is 1. The van der Waals surface area contributed by atoms with Crippen molar-refractivity contribution in [1.82, 2.24) is 10.2 Å². The lowest BCUT2D eigenvalue weighted by Crippen LogP contribution is -2.51. The Kier molecular flexibility index (Phi) is 10.7. The number of halogens is 3. The van der Waals surface area contributed by atoms with Gasteiger partial charge in [0.05, 0.1) is 11.9 Å². The molecule has 0 saturated heterocycles. The lowest BCUT2D eigenvalue weighted by atomic mass is 10.1. The first-order valence-electron chi connectivity index (χ1n) is 11.1. The molecule has 2 rings (SSSR count). The monoisotopic (exact) mass is 561 g/mol. The first-order valence-corrected chi connectivity index (χ1v) is 14.1. The summed E-state index contributed by atoms with van der Waals surface area (Å²) < 4.78 is 26.3. The Balaban J connectivity index is 2.44. The molecular formula is C24H30Cl3N3O4S. The predicted octanol–water partition coefficient (Wildman–Crippen LogP) is 5.05. The highest BCUT2D eigenvalue weighted by Gasteiger charge is 2.31. The number of carbonyl (C=O) groups excluding carboxylic acids is 2. The SMILES string of the molecule is CCCCNC(=O)[C@H](C)N(Cc1c(Cl)cccc1Cl)C(=O)CN(c1ccc(Cl)cc1C)S(C)(=O)=O. The predicted molar refractivity (Wildman–Crippen MR) is 143 cm³/mol. The number of nitrogens with one attached hydrogen (secondary N) is 1. The highest BCUT2D eigenvalue weighted by Crippen LogP contribution is 2.28. The normalized spacial score (nSPS) is 12.2. The van der Waals surface area contributed by atoms with Gasteiger partial charge in [0.1, 0.15) is 12.6 Å². The summed E-state index contributed by atoms with van der Waals surface area (Å²) in [5, 5.41) is 3.93. The molecule has 0 heterocycles. The van der Waals surface area contributed by atoms with Gasteiger partial charge in [0, 0.05) is 33.7 Å². The van der Waals surface area contributed by atoms with E-state index in [2.05, 4.69) is 5.32 Å². The van der Waals surface area contributed by atoms with Crippen molar-refractivity contribution in [3.05, 3.63) is 62.6 Å². The van der Waals surface area contributed by atoms with Crippen molar-refractivity contribution in [3.63, 3.8) is 0 Å². The van der Waals surface area contributed by atoms with Crippen molar-refractivity contribution >= 4 is 62.3 Å². The average Bonchev–Trinajstić information content (AvgIpc) is 2.76. The molecule has 2 amide bonds. The van der Waals surface area contributed by atoms with Crippen LogP contribution in [0.1, 0.15) is 37.8 Å². The number of hydrogen-bond donors (Lipinski definition) is 1. The summed E-state index contributed by atoms with van der Waals surface area (Å²) in [7, 11) is -3.84. The molecule has 0 aliphatic carbocycles. The molecule has 11 heteroatoms. The zero-order valence-electron chi connectivity index (χ0n) is 20.1. The van der Waals surface area contributed by atoms with E-state index in [9.17, 15) is 18.0 Å². The molecule has 0 aliphatic heterocycles. The number of amides is 2. The van der Waals surface area contributed by atoms with E-state index in [0.29, 0.717) is 38.4 Å². The maximum Gasteiger partial charge on any atom is 0.244 e. The summed E-state index contributed by atoms with van der Waals surface area (Å²) in [5.41, 5.74) is 1.37. The highest BCUT2D eigenvalue weighted by atomic mass is 35.5. The molecule has 2 aromatic carbocycles. The summed E-state index contributed by atoms with van der Waals surface area (Å²) in [4.78, 5) is 27.7. The summed E-state index contributed by atoms with van der Waals surface area (Å²) >= 11 is 18.7. The first-order chi connectivity index (χ1) is 16.4. The quantitative estimate of drug-likeness (QED) is 0.388. The fraction of sp³-hybridized carbons (Fsp3) is 0.417. The fourth-order valence-electron chi connectivity index (χ4n) is 3.47. The number of rotatable bonds is 11. The Morgan fingerprint density at radius 2 is 1.71 bits per heavy atom. The van der Waals surface area contributed by atoms with E-state index in [1.54, 1.807) is 50.2 Å². The van der Waals surface area contributed by atoms with Crippen LogP contribution in [0.15, 0.2) is 36.4 Å². The standard InChI is InChI=1S/C24H30Cl3N3O4S/c1-5-6-12-28-24(32)17(3)29(14-19-20(26)8-7-9-21(19)27)23(31)15-30(35(4,33)34)22-11-10-18(25)13-16(22)2/h7-11,13,17H,5-6,12,14-15H2,1-4H3,(H,28,32)/t17-/m0/s1. The van der Waals surface area contributed by atoms with Crippen LogP contribution in [0.3, 0.4) is 0 Å². The Bertz CT molecular complexity index is 1150. The Morgan fingerprint density at radius 1 is 1.09 bits per heavy atom. The maximum absolute atomic E-state index is 13.6. The van der Waals surface area contributed by atoms with Crippen LogP contribution in [0.5, 0.6) is 0 Å². The van der Waals surface area contributed by atoms with Crippen LogP contribution in [0.25, 0.3) is 0 Å². The molecule has 7 nitrogen and oxygen atoms in total. The molecule has 0 fully saturated rings. The van der Waals surface area contributed by atoms with Crippen LogP contribution in [-0.4, -0.2) is 50.5 Å². The number of hydrogen-bond acceptors (Lipinski definition) is 4. The van der Waals surface area contributed by atoms with Gasteiger partial charge in [-0.25, -0.2) is 8.42 Å². The van der Waals surface area contributed by atoms with Crippen LogP contribution >= 0.6 is 34.8 Å². The Hall–Kier alpha value is -2.00. The lowest BCUT2D eigenvalue weighted by molar-refractivity contribution is -0.139. The molecule has 192 valence electrons. The zero-order chi connectivity index (χ0) is 26.3. The van der Waals surface area contributed by atoms with Crippen molar-refractivity contribution in [2.75, 3.05) is 23.7 Å². The summed E-state index contributed by atoms with van der Waals surface area (Å²) in [5.74, 6) is -0.942. The number of benzene rings is 2. The van der Waals surface area contributed by atoms with Gasteiger partial charge in [-0.05, 0) is 56.2 Å². The van der Waals surface area contributed by atoms with Crippen molar-refractivity contribution < 1.29 is 18.0 Å². The van der Waals surface area contributed by atoms with Crippen molar-refractivity contribution in [1.29, 1.82) is 0 Å². The largest absolute Gasteiger partial charge is 0.354 e. The van der Waals surface area contributed by atoms with Crippen LogP contribution in [0, 0.1) is 6.92 Å². The van der Waals surface area contributed by atoms with Crippen LogP contribution in [0.4, 0.5) is 5.69 Å². The summed E-state index contributed by atoms with van der Waals surface area (Å²) in [6, 6.07) is 8.76. The average molecular weight is 563 g/mol. The third-order valence-electron chi connectivity index (χ3n) is 5.49. The minimum absolute atomic E-state index is 0.0725. The van der Waals surface area contributed by atoms with Crippen LogP contribution in [0.2, 0.25) is 15.1 Å². The third-order valence-corrected chi connectivity index (χ3v) is 7.56. The third kappa shape index (κ3) is 8.00. The number of unbranched alkanes of at least 4 members (excludes halogenated alkanes) is 1. The zero-order valence-corrected chi connectivity index (χ0v) is 23.2. The smallest absolute Gasteiger partial charge is 0.244 e. The van der Waals surface area contributed by atoms with Crippen molar-refractivity contribution in [2.24, 2.45) is 0 Å². The molecule has 0 bridgehead atoms. The second kappa shape index (κ2) is 12.8. The van der Waals surface area contributed by atoms with Crippen LogP contribution in [-0.2, 0) is 26.2 Å². The van der Waals surface area contributed by atoms with Gasteiger partial charge in [-0.2, -0.15) is 0 Å². The number of aryl methyl sites for hydroxylation is 1. The van der Waals surface area contributed by atoms with E-state index < -0.39 is 28.5 Å². The van der Waals surface area contributed by atoms with Gasteiger partial charge in [0.2, 0.25) is 21.8 Å². The van der Waals surface area contributed by atoms with Gasteiger partial charge in [-0.15, -0.1) is 0 Å². The fourth-order valence-corrected chi connectivity index (χ4v) is 5.12. The molecule has 35 heavy (non-hydrogen) atoms. The molecule has 0 aliphatic rings. The minimum atomic E-state index is -3.84. The molecule has 0 radical (unpaired) electrons. The lowest BCUT2D eigenvalue weighted by Gasteiger charge is -2.32. The van der Waals surface area contributed by atoms with Gasteiger partial charge < -0.3 is 10.2 Å². The molecular weight excluding hydrogens is 533 g/mol. The van der Waals surface area contributed by atoms with Gasteiger partial charge in [0.15, 0.2) is 0 Å². The van der Waals surface area contributed by atoms with Gasteiger partial charge >= 0.3 is 0 Å². The van der Waals surface area contributed by atoms with Gasteiger partial charge in [-0.1, -0.05) is 54.2 Å². The molecule has 0 spiro atoms.